The molecule has 1 saturated carbocycles. The Morgan fingerprint density at radius 2 is 2.04 bits per heavy atom. The quantitative estimate of drug-likeness (QED) is 0.815. The van der Waals surface area contributed by atoms with E-state index in [4.69, 9.17) is 0 Å². The Kier molecular flexibility index (Phi) is 6.25. The third-order valence-electron chi connectivity index (χ3n) is 5.83. The van der Waals surface area contributed by atoms with Gasteiger partial charge in [-0.3, -0.25) is 9.88 Å². The SMILES string of the molecule is CC1CN(Cc2ccccn2)CCC1NCC1(O)CCCCCC1. The Labute approximate surface area is 146 Å². The average molecular weight is 332 g/mol. The van der Waals surface area contributed by atoms with Gasteiger partial charge in [-0.15, -0.1) is 0 Å². The Morgan fingerprint density at radius 3 is 2.71 bits per heavy atom. The van der Waals surface area contributed by atoms with E-state index in [9.17, 15) is 5.11 Å². The standard InChI is InChI=1S/C20H33N3O/c1-17-14-23(15-18-8-4-7-12-21-18)13-9-19(17)22-16-20(24)10-5-2-3-6-11-20/h4,7-8,12,17,19,22,24H,2-3,5-6,9-11,13-16H2,1H3. The monoisotopic (exact) mass is 331 g/mol. The first-order valence-corrected chi connectivity index (χ1v) is 9.73. The van der Waals surface area contributed by atoms with Crippen LogP contribution in [0.3, 0.4) is 0 Å². The van der Waals surface area contributed by atoms with Crippen LogP contribution in [-0.2, 0) is 6.54 Å². The molecular formula is C20H33N3O. The molecule has 2 atom stereocenters. The molecule has 0 aromatic carbocycles. The van der Waals surface area contributed by atoms with E-state index in [1.54, 1.807) is 0 Å². The van der Waals surface area contributed by atoms with Crippen LogP contribution in [0.5, 0.6) is 0 Å². The highest BCUT2D eigenvalue weighted by atomic mass is 16.3. The van der Waals surface area contributed by atoms with Crippen molar-refractivity contribution >= 4 is 0 Å². The number of hydrogen-bond donors (Lipinski definition) is 2. The van der Waals surface area contributed by atoms with Gasteiger partial charge in [0, 0.05) is 38.4 Å². The molecule has 1 saturated heterocycles. The third-order valence-corrected chi connectivity index (χ3v) is 5.83. The predicted molar refractivity (Wildman–Crippen MR) is 97.7 cm³/mol. The van der Waals surface area contributed by atoms with Crippen molar-refractivity contribution < 1.29 is 5.11 Å². The van der Waals surface area contributed by atoms with E-state index in [1.165, 1.54) is 25.7 Å². The second-order valence-electron chi connectivity index (χ2n) is 7.95. The van der Waals surface area contributed by atoms with Crippen molar-refractivity contribution in [3.63, 3.8) is 0 Å². The van der Waals surface area contributed by atoms with E-state index in [2.05, 4.69) is 34.3 Å². The maximum Gasteiger partial charge on any atom is 0.0771 e. The fraction of sp³-hybridized carbons (Fsp3) is 0.750. The highest BCUT2D eigenvalue weighted by molar-refractivity contribution is 5.03. The van der Waals surface area contributed by atoms with Gasteiger partial charge in [0.05, 0.1) is 11.3 Å². The van der Waals surface area contributed by atoms with E-state index >= 15 is 0 Å². The largest absolute Gasteiger partial charge is 0.389 e. The van der Waals surface area contributed by atoms with Gasteiger partial charge in [-0.25, -0.2) is 0 Å². The molecule has 24 heavy (non-hydrogen) atoms. The fourth-order valence-electron chi connectivity index (χ4n) is 4.28. The Bertz CT molecular complexity index is 485. The number of nitrogens with one attached hydrogen (secondary N) is 1. The van der Waals surface area contributed by atoms with Crippen LogP contribution < -0.4 is 5.32 Å². The van der Waals surface area contributed by atoms with E-state index in [0.717, 1.165) is 51.1 Å². The van der Waals surface area contributed by atoms with Crippen LogP contribution >= 0.6 is 0 Å². The summed E-state index contributed by atoms with van der Waals surface area (Å²) in [5.41, 5.74) is 0.685. The lowest BCUT2D eigenvalue weighted by Crippen LogP contribution is -2.52. The number of likely N-dealkylation sites (tertiary alicyclic amines) is 1. The number of aromatic nitrogens is 1. The topological polar surface area (TPSA) is 48.4 Å². The van der Waals surface area contributed by atoms with Gasteiger partial charge in [0.15, 0.2) is 0 Å². The van der Waals surface area contributed by atoms with Crippen molar-refractivity contribution in [2.75, 3.05) is 19.6 Å². The van der Waals surface area contributed by atoms with E-state index in [0.29, 0.717) is 12.0 Å². The minimum absolute atomic E-state index is 0.471. The normalized spacial score (nSPS) is 28.4. The zero-order valence-corrected chi connectivity index (χ0v) is 15.1. The van der Waals surface area contributed by atoms with Crippen LogP contribution in [0.15, 0.2) is 24.4 Å². The molecule has 1 aliphatic heterocycles. The van der Waals surface area contributed by atoms with Crippen molar-refractivity contribution in [3.8, 4) is 0 Å². The Balaban J connectivity index is 1.45. The zero-order chi connectivity index (χ0) is 16.8. The zero-order valence-electron chi connectivity index (χ0n) is 15.1. The maximum atomic E-state index is 10.8. The highest BCUT2D eigenvalue weighted by Gasteiger charge is 2.31. The number of pyridine rings is 1. The summed E-state index contributed by atoms with van der Waals surface area (Å²) >= 11 is 0. The number of hydrogen-bond acceptors (Lipinski definition) is 4. The van der Waals surface area contributed by atoms with Gasteiger partial charge in [-0.2, -0.15) is 0 Å². The molecule has 4 nitrogen and oxygen atoms in total. The number of aliphatic hydroxyl groups is 1. The summed E-state index contributed by atoms with van der Waals surface area (Å²) in [5, 5.41) is 14.5. The number of rotatable bonds is 5. The minimum atomic E-state index is -0.471. The molecule has 2 N–H and O–H groups in total. The average Bonchev–Trinajstić information content (AvgIpc) is 2.80. The molecule has 2 heterocycles. The summed E-state index contributed by atoms with van der Waals surface area (Å²) in [4.78, 5) is 6.95. The molecule has 4 heteroatoms. The predicted octanol–water partition coefficient (Wildman–Crippen LogP) is 2.97. The van der Waals surface area contributed by atoms with Gasteiger partial charge < -0.3 is 10.4 Å². The lowest BCUT2D eigenvalue weighted by atomic mass is 9.90. The molecule has 0 bridgehead atoms. The molecule has 2 aliphatic rings. The van der Waals surface area contributed by atoms with Gasteiger partial charge in [-0.05, 0) is 37.3 Å². The molecular weight excluding hydrogens is 298 g/mol. The summed E-state index contributed by atoms with van der Waals surface area (Å²) in [7, 11) is 0. The van der Waals surface area contributed by atoms with Crippen LogP contribution in [-0.4, -0.2) is 46.3 Å². The van der Waals surface area contributed by atoms with E-state index in [-0.39, 0.29) is 0 Å². The number of piperidine rings is 1. The molecule has 3 rings (SSSR count). The summed E-state index contributed by atoms with van der Waals surface area (Å²) in [6, 6.07) is 6.67. The Morgan fingerprint density at radius 1 is 1.25 bits per heavy atom. The molecule has 2 unspecified atom stereocenters. The molecule has 1 aromatic heterocycles. The van der Waals surface area contributed by atoms with Crippen molar-refractivity contribution in [3.05, 3.63) is 30.1 Å². The van der Waals surface area contributed by atoms with Crippen molar-refractivity contribution in [1.82, 2.24) is 15.2 Å². The lowest BCUT2D eigenvalue weighted by Gasteiger charge is -2.39. The second kappa shape index (κ2) is 8.41. The van der Waals surface area contributed by atoms with Gasteiger partial charge in [0.2, 0.25) is 0 Å². The summed E-state index contributed by atoms with van der Waals surface area (Å²) in [5.74, 6) is 0.608. The Hall–Kier alpha value is -0.970. The van der Waals surface area contributed by atoms with Crippen LogP contribution in [0.25, 0.3) is 0 Å². The van der Waals surface area contributed by atoms with E-state index in [1.807, 2.05) is 12.3 Å². The highest BCUT2D eigenvalue weighted by Crippen LogP contribution is 2.27. The fourth-order valence-corrected chi connectivity index (χ4v) is 4.28. The molecule has 1 aliphatic carbocycles. The van der Waals surface area contributed by atoms with Crippen molar-refractivity contribution in [2.24, 2.45) is 5.92 Å². The number of nitrogens with zero attached hydrogens (tertiary/aromatic N) is 2. The summed E-state index contributed by atoms with van der Waals surface area (Å²) in [6.45, 7) is 6.26. The van der Waals surface area contributed by atoms with Gasteiger partial charge in [0.25, 0.3) is 0 Å². The second-order valence-corrected chi connectivity index (χ2v) is 7.95. The molecule has 134 valence electrons. The first kappa shape index (κ1) is 17.8. The smallest absolute Gasteiger partial charge is 0.0771 e. The van der Waals surface area contributed by atoms with Crippen molar-refractivity contribution in [2.45, 2.75) is 70.1 Å². The van der Waals surface area contributed by atoms with Crippen LogP contribution in [0.1, 0.15) is 57.6 Å². The molecule has 0 spiro atoms. The minimum Gasteiger partial charge on any atom is -0.389 e. The van der Waals surface area contributed by atoms with Crippen molar-refractivity contribution in [1.29, 1.82) is 0 Å². The molecule has 0 radical (unpaired) electrons. The van der Waals surface area contributed by atoms with Crippen LogP contribution in [0, 0.1) is 5.92 Å². The van der Waals surface area contributed by atoms with Gasteiger partial charge >= 0.3 is 0 Å². The lowest BCUT2D eigenvalue weighted by molar-refractivity contribution is 0.0168. The summed E-state index contributed by atoms with van der Waals surface area (Å²) < 4.78 is 0. The molecule has 0 amide bonds. The van der Waals surface area contributed by atoms with E-state index < -0.39 is 5.60 Å². The third kappa shape index (κ3) is 5.01. The summed E-state index contributed by atoms with van der Waals surface area (Å²) in [6.07, 6.45) is 9.88. The first-order valence-electron chi connectivity index (χ1n) is 9.73. The molecule has 1 aromatic rings. The van der Waals surface area contributed by atoms with Gasteiger partial charge in [-0.1, -0.05) is 38.7 Å². The maximum absolute atomic E-state index is 10.8. The van der Waals surface area contributed by atoms with Crippen LogP contribution in [0.2, 0.25) is 0 Å². The first-order chi connectivity index (χ1) is 11.6. The molecule has 2 fully saturated rings. The van der Waals surface area contributed by atoms with Gasteiger partial charge in [0.1, 0.15) is 0 Å². The van der Waals surface area contributed by atoms with Crippen LogP contribution in [0.4, 0.5) is 0 Å².